The fourth-order valence-electron chi connectivity index (χ4n) is 5.09. The molecule has 2 aliphatic rings. The van der Waals surface area contributed by atoms with E-state index in [-0.39, 0.29) is 24.3 Å². The minimum atomic E-state index is -4.09. The van der Waals surface area contributed by atoms with E-state index in [4.69, 9.17) is 16.7 Å². The molecule has 5 rings (SSSR count). The van der Waals surface area contributed by atoms with Gasteiger partial charge in [-0.05, 0) is 66.0 Å². The number of rotatable bonds is 8. The number of halogens is 1. The van der Waals surface area contributed by atoms with Crippen molar-refractivity contribution in [1.29, 1.82) is 0 Å². The molecular formula is C24H25ClN4O5S2. The third-order valence-electron chi connectivity index (χ3n) is 6.83. The van der Waals surface area contributed by atoms with Crippen molar-refractivity contribution >= 4 is 44.8 Å². The molecule has 36 heavy (non-hydrogen) atoms. The van der Waals surface area contributed by atoms with Crippen LogP contribution in [0.15, 0.2) is 42.2 Å². The molecule has 4 atom stereocenters. The summed E-state index contributed by atoms with van der Waals surface area (Å²) in [4.78, 5) is 22.3. The molecule has 0 radical (unpaired) electrons. The molecule has 12 heteroatoms. The zero-order chi connectivity index (χ0) is 25.4. The van der Waals surface area contributed by atoms with Gasteiger partial charge in [-0.3, -0.25) is 8.98 Å². The molecule has 0 aliphatic heterocycles. The number of aliphatic hydroxyl groups is 1. The maximum atomic E-state index is 13.4. The first-order valence-corrected chi connectivity index (χ1v) is 14.2. The first kappa shape index (κ1) is 25.2. The Labute approximate surface area is 217 Å². The Hall–Kier alpha value is -2.41. The summed E-state index contributed by atoms with van der Waals surface area (Å²) in [6, 6.07) is 7.70. The van der Waals surface area contributed by atoms with Crippen LogP contribution in [0.3, 0.4) is 0 Å². The highest BCUT2D eigenvalue weighted by molar-refractivity contribution is 7.84. The summed E-state index contributed by atoms with van der Waals surface area (Å²) >= 11 is 7.62. The van der Waals surface area contributed by atoms with Crippen molar-refractivity contribution in [2.75, 3.05) is 11.9 Å². The number of anilines is 1. The number of ketones is 1. The molecule has 4 N–H and O–H groups in total. The van der Waals surface area contributed by atoms with Crippen LogP contribution in [-0.2, 0) is 20.9 Å². The van der Waals surface area contributed by atoms with E-state index in [1.807, 2.05) is 23.6 Å². The second-order valence-corrected chi connectivity index (χ2v) is 11.8. The number of benzene rings is 1. The highest BCUT2D eigenvalue weighted by atomic mass is 35.5. The Balaban J connectivity index is 1.31. The molecule has 0 spiro atoms. The minimum absolute atomic E-state index is 0.189. The first-order valence-electron chi connectivity index (χ1n) is 11.5. The third kappa shape index (κ3) is 5.46. The van der Waals surface area contributed by atoms with Crippen LogP contribution >= 0.6 is 22.9 Å². The molecule has 1 aromatic carbocycles. The van der Waals surface area contributed by atoms with Gasteiger partial charge in [-0.25, -0.2) is 15.1 Å². The molecule has 0 amide bonds. The van der Waals surface area contributed by atoms with Crippen molar-refractivity contribution in [2.24, 2.45) is 11.1 Å². The van der Waals surface area contributed by atoms with Crippen LogP contribution in [0.25, 0.3) is 0 Å². The lowest BCUT2D eigenvalue weighted by atomic mass is 9.94. The number of nitrogens with zero attached hydrogens (tertiary/aromatic N) is 2. The number of nitrogens with one attached hydrogen (secondary N) is 1. The number of carbonyl (C=O) groups excluding carboxylic acids is 1. The SMILES string of the molecule is NS(=O)(=O)OC[C@H]1C[C@@H](Nc2ncncc2C(=O)c2cc([C@H]3CCc4ccc(Cl)cc43)cs2)C[C@@H]1O. The Bertz CT molecular complexity index is 1400. The summed E-state index contributed by atoms with van der Waals surface area (Å²) in [5.41, 5.74) is 3.93. The molecule has 2 heterocycles. The zero-order valence-electron chi connectivity index (χ0n) is 19.1. The summed E-state index contributed by atoms with van der Waals surface area (Å²) in [7, 11) is -4.09. The van der Waals surface area contributed by atoms with E-state index in [1.54, 1.807) is 0 Å². The predicted octanol–water partition coefficient (Wildman–Crippen LogP) is 3.27. The lowest BCUT2D eigenvalue weighted by molar-refractivity contribution is 0.101. The number of fused-ring (bicyclic) bond motifs is 1. The summed E-state index contributed by atoms with van der Waals surface area (Å²) in [6.07, 6.45) is 4.80. The molecule has 2 aromatic heterocycles. The number of aliphatic hydroxyl groups excluding tert-OH is 1. The van der Waals surface area contributed by atoms with Crippen molar-refractivity contribution in [3.05, 3.63) is 74.3 Å². The second-order valence-electron chi connectivity index (χ2n) is 9.21. The minimum Gasteiger partial charge on any atom is -0.393 e. The smallest absolute Gasteiger partial charge is 0.333 e. The molecule has 0 unspecified atom stereocenters. The van der Waals surface area contributed by atoms with E-state index in [2.05, 4.69) is 25.5 Å². The van der Waals surface area contributed by atoms with Crippen LogP contribution < -0.4 is 10.5 Å². The topological polar surface area (TPSA) is 144 Å². The predicted molar refractivity (Wildman–Crippen MR) is 137 cm³/mol. The fraction of sp³-hybridized carbons (Fsp3) is 0.375. The summed E-state index contributed by atoms with van der Waals surface area (Å²) in [5, 5.41) is 21.2. The van der Waals surface area contributed by atoms with Crippen molar-refractivity contribution in [2.45, 2.75) is 43.7 Å². The van der Waals surface area contributed by atoms with Crippen LogP contribution in [0, 0.1) is 5.92 Å². The van der Waals surface area contributed by atoms with Crippen molar-refractivity contribution in [3.63, 3.8) is 0 Å². The van der Waals surface area contributed by atoms with Gasteiger partial charge in [-0.1, -0.05) is 17.7 Å². The highest BCUT2D eigenvalue weighted by Crippen LogP contribution is 2.41. The second kappa shape index (κ2) is 10.2. The van der Waals surface area contributed by atoms with Crippen LogP contribution in [0.4, 0.5) is 5.82 Å². The molecule has 2 aliphatic carbocycles. The Morgan fingerprint density at radius 3 is 2.94 bits per heavy atom. The number of hydrogen-bond acceptors (Lipinski definition) is 9. The summed E-state index contributed by atoms with van der Waals surface area (Å²) in [6.45, 7) is -0.207. The number of nitrogens with two attached hydrogens (primary N) is 1. The van der Waals surface area contributed by atoms with Crippen LogP contribution in [0.2, 0.25) is 5.02 Å². The first-order chi connectivity index (χ1) is 17.2. The van der Waals surface area contributed by atoms with E-state index >= 15 is 0 Å². The van der Waals surface area contributed by atoms with Gasteiger partial charge in [0.1, 0.15) is 12.1 Å². The van der Waals surface area contributed by atoms with Gasteiger partial charge in [0.2, 0.25) is 5.78 Å². The lowest BCUT2D eigenvalue weighted by Crippen LogP contribution is -2.24. The van der Waals surface area contributed by atoms with E-state index in [0.29, 0.717) is 34.1 Å². The average Bonchev–Trinajstić information content (AvgIpc) is 3.55. The number of hydrogen-bond donors (Lipinski definition) is 3. The Morgan fingerprint density at radius 1 is 1.31 bits per heavy atom. The van der Waals surface area contributed by atoms with E-state index in [0.717, 1.165) is 18.4 Å². The number of carbonyl (C=O) groups is 1. The van der Waals surface area contributed by atoms with Gasteiger partial charge >= 0.3 is 10.3 Å². The number of thiophene rings is 1. The molecular weight excluding hydrogens is 524 g/mol. The fourth-order valence-corrected chi connectivity index (χ4v) is 6.55. The maximum Gasteiger partial charge on any atom is 0.333 e. The van der Waals surface area contributed by atoms with Gasteiger partial charge in [-0.15, -0.1) is 11.3 Å². The molecule has 190 valence electrons. The lowest BCUT2D eigenvalue weighted by Gasteiger charge is -2.15. The van der Waals surface area contributed by atoms with Gasteiger partial charge in [0.25, 0.3) is 0 Å². The molecule has 0 bridgehead atoms. The van der Waals surface area contributed by atoms with E-state index in [9.17, 15) is 18.3 Å². The monoisotopic (exact) mass is 548 g/mol. The van der Waals surface area contributed by atoms with Gasteiger partial charge in [-0.2, -0.15) is 8.42 Å². The standard InChI is InChI=1S/C24H25ClN4O5S2/c25-16-3-1-13-2-4-18(19(13)7-16)15-6-22(35-11-15)23(31)20-9-27-12-28-24(20)29-17-5-14(21(30)8-17)10-34-36(26,32)33/h1,3,6-7,9,11-12,14,17-18,21,30H,2,4-5,8,10H2,(H2,26,32,33)(H,27,28,29)/t14-,17-,18-,21+/m1/s1. The van der Waals surface area contributed by atoms with Crippen molar-refractivity contribution < 1.29 is 22.5 Å². The molecule has 0 saturated heterocycles. The van der Waals surface area contributed by atoms with Gasteiger partial charge < -0.3 is 10.4 Å². The van der Waals surface area contributed by atoms with Crippen LogP contribution in [-0.4, -0.2) is 48.0 Å². The van der Waals surface area contributed by atoms with Crippen molar-refractivity contribution in [3.8, 4) is 0 Å². The van der Waals surface area contributed by atoms with Crippen molar-refractivity contribution in [1.82, 2.24) is 9.97 Å². The third-order valence-corrected chi connectivity index (χ3v) is 8.48. The summed E-state index contributed by atoms with van der Waals surface area (Å²) < 4.78 is 26.8. The molecule has 3 aromatic rings. The normalized spacial score (nSPS) is 23.5. The largest absolute Gasteiger partial charge is 0.393 e. The summed E-state index contributed by atoms with van der Waals surface area (Å²) in [5.74, 6) is -0.0264. The molecule has 1 fully saturated rings. The Morgan fingerprint density at radius 2 is 2.14 bits per heavy atom. The highest BCUT2D eigenvalue weighted by Gasteiger charge is 2.35. The van der Waals surface area contributed by atoms with Gasteiger partial charge in [0.05, 0.1) is 23.2 Å². The van der Waals surface area contributed by atoms with E-state index < -0.39 is 22.3 Å². The van der Waals surface area contributed by atoms with Gasteiger partial charge in [0, 0.05) is 29.1 Å². The quantitative estimate of drug-likeness (QED) is 0.364. The maximum absolute atomic E-state index is 13.4. The number of aryl methyl sites for hydroxylation is 1. The van der Waals surface area contributed by atoms with Crippen LogP contribution in [0.5, 0.6) is 0 Å². The number of aromatic nitrogens is 2. The molecule has 9 nitrogen and oxygen atoms in total. The van der Waals surface area contributed by atoms with Gasteiger partial charge in [0.15, 0.2) is 0 Å². The van der Waals surface area contributed by atoms with Crippen LogP contribution in [0.1, 0.15) is 57.1 Å². The zero-order valence-corrected chi connectivity index (χ0v) is 21.5. The average molecular weight is 549 g/mol. The van der Waals surface area contributed by atoms with E-state index in [1.165, 1.54) is 35.0 Å². The Kier molecular flexibility index (Phi) is 7.12. The molecule has 1 saturated carbocycles.